The van der Waals surface area contributed by atoms with Crippen LogP contribution in [0.1, 0.15) is 16.1 Å². The maximum Gasteiger partial charge on any atom is 0.324 e. The number of carbonyl (C=O) groups is 2. The van der Waals surface area contributed by atoms with E-state index < -0.39 is 16.8 Å². The molecular formula is C10H7N3O5S2. The van der Waals surface area contributed by atoms with Crippen LogP contribution in [0.2, 0.25) is 0 Å². The summed E-state index contributed by atoms with van der Waals surface area (Å²) in [5.41, 5.74) is 0.505. The fourth-order valence-corrected chi connectivity index (χ4v) is 2.72. The van der Waals surface area contributed by atoms with Gasteiger partial charge in [0, 0.05) is 16.8 Å². The number of carboxylic acid groups (broad SMARTS) is 1. The van der Waals surface area contributed by atoms with Crippen molar-refractivity contribution in [1.82, 2.24) is 4.98 Å². The number of carboxylic acids is 1. The second-order valence-electron chi connectivity index (χ2n) is 3.60. The van der Waals surface area contributed by atoms with Crippen LogP contribution in [0.5, 0.6) is 0 Å². The zero-order valence-corrected chi connectivity index (χ0v) is 11.4. The molecule has 1 amide bonds. The Morgan fingerprint density at radius 3 is 2.75 bits per heavy atom. The number of nitrogens with zero attached hydrogens (tertiary/aromatic N) is 2. The maximum absolute atomic E-state index is 11.8. The first kappa shape index (κ1) is 14.1. The molecule has 0 aliphatic rings. The molecule has 2 N–H and O–H groups in total. The molecule has 0 unspecified atom stereocenters. The predicted molar refractivity (Wildman–Crippen MR) is 72.4 cm³/mol. The van der Waals surface area contributed by atoms with Gasteiger partial charge in [0.1, 0.15) is 0 Å². The molecule has 0 saturated heterocycles. The number of aliphatic carboxylic acids is 1. The van der Waals surface area contributed by atoms with E-state index in [4.69, 9.17) is 5.11 Å². The second-order valence-corrected chi connectivity index (χ2v) is 5.35. The van der Waals surface area contributed by atoms with Crippen molar-refractivity contribution in [2.45, 2.75) is 6.42 Å². The number of hydrogen-bond donors (Lipinski definition) is 2. The van der Waals surface area contributed by atoms with Crippen LogP contribution < -0.4 is 5.32 Å². The molecule has 0 saturated carbocycles. The number of amides is 1. The van der Waals surface area contributed by atoms with Gasteiger partial charge >= 0.3 is 11.0 Å². The highest BCUT2D eigenvalue weighted by molar-refractivity contribution is 7.14. The van der Waals surface area contributed by atoms with Crippen LogP contribution in [-0.4, -0.2) is 26.9 Å². The average molecular weight is 313 g/mol. The highest BCUT2D eigenvalue weighted by atomic mass is 32.1. The summed E-state index contributed by atoms with van der Waals surface area (Å²) >= 11 is 1.95. The van der Waals surface area contributed by atoms with Crippen LogP contribution in [0.15, 0.2) is 16.8 Å². The van der Waals surface area contributed by atoms with Crippen LogP contribution in [0, 0.1) is 10.1 Å². The quantitative estimate of drug-likeness (QED) is 0.643. The van der Waals surface area contributed by atoms with Crippen LogP contribution >= 0.6 is 22.7 Å². The van der Waals surface area contributed by atoms with Gasteiger partial charge in [0.2, 0.25) is 0 Å². The zero-order chi connectivity index (χ0) is 14.7. The van der Waals surface area contributed by atoms with Gasteiger partial charge in [-0.05, 0) is 0 Å². The minimum Gasteiger partial charge on any atom is -0.481 e. The van der Waals surface area contributed by atoms with E-state index >= 15 is 0 Å². The van der Waals surface area contributed by atoms with Gasteiger partial charge in [-0.25, -0.2) is 4.98 Å². The topological polar surface area (TPSA) is 122 Å². The van der Waals surface area contributed by atoms with Crippen molar-refractivity contribution in [1.29, 1.82) is 0 Å². The lowest BCUT2D eigenvalue weighted by Crippen LogP contribution is -2.11. The Morgan fingerprint density at radius 2 is 2.15 bits per heavy atom. The number of nitrogens with one attached hydrogen (secondary N) is 1. The number of aromatic nitrogens is 1. The first-order chi connectivity index (χ1) is 9.45. The van der Waals surface area contributed by atoms with Crippen molar-refractivity contribution in [3.8, 4) is 0 Å². The summed E-state index contributed by atoms with van der Waals surface area (Å²) in [4.78, 5) is 36.2. The summed E-state index contributed by atoms with van der Waals surface area (Å²) in [6, 6.07) is 1.17. The number of anilines is 1. The van der Waals surface area contributed by atoms with Gasteiger partial charge in [0.25, 0.3) is 5.91 Å². The van der Waals surface area contributed by atoms with E-state index in [-0.39, 0.29) is 22.1 Å². The molecule has 0 aliphatic heterocycles. The molecule has 0 aromatic carbocycles. The van der Waals surface area contributed by atoms with Crippen molar-refractivity contribution in [3.63, 3.8) is 0 Å². The molecule has 104 valence electrons. The maximum atomic E-state index is 11.8. The standard InChI is InChI=1S/C10H7N3O5S2/c14-8(15)2-6-4-20-10(11-6)12-9(16)5-1-7(13(17)18)19-3-5/h1,3-4H,2H2,(H,14,15)(H,11,12,16). The summed E-state index contributed by atoms with van der Waals surface area (Å²) in [6.45, 7) is 0. The number of nitro groups is 1. The van der Waals surface area contributed by atoms with Crippen molar-refractivity contribution in [3.05, 3.63) is 38.2 Å². The third-order valence-electron chi connectivity index (χ3n) is 2.13. The lowest BCUT2D eigenvalue weighted by molar-refractivity contribution is -0.380. The smallest absolute Gasteiger partial charge is 0.324 e. The first-order valence-corrected chi connectivity index (χ1v) is 6.92. The molecule has 2 aromatic rings. The number of rotatable bonds is 5. The van der Waals surface area contributed by atoms with E-state index in [9.17, 15) is 19.7 Å². The third-order valence-corrected chi connectivity index (χ3v) is 3.82. The normalized spacial score (nSPS) is 10.2. The van der Waals surface area contributed by atoms with Crippen LogP contribution in [0.3, 0.4) is 0 Å². The number of hydrogen-bond acceptors (Lipinski definition) is 7. The summed E-state index contributed by atoms with van der Waals surface area (Å²) in [6.07, 6.45) is -0.226. The minimum absolute atomic E-state index is 0.124. The average Bonchev–Trinajstić information content (AvgIpc) is 2.97. The molecule has 8 nitrogen and oxygen atoms in total. The Labute approximate surface area is 119 Å². The zero-order valence-electron chi connectivity index (χ0n) is 9.73. The summed E-state index contributed by atoms with van der Waals surface area (Å²) in [7, 11) is 0. The van der Waals surface area contributed by atoms with Gasteiger partial charge in [-0.15, -0.1) is 11.3 Å². The molecule has 2 rings (SSSR count). The molecular weight excluding hydrogens is 306 g/mol. The summed E-state index contributed by atoms with van der Waals surface area (Å²) in [5.74, 6) is -1.53. The van der Waals surface area contributed by atoms with Gasteiger partial charge in [-0.3, -0.25) is 25.0 Å². The molecule has 0 aliphatic carbocycles. The highest BCUT2D eigenvalue weighted by Gasteiger charge is 2.16. The molecule has 0 atom stereocenters. The van der Waals surface area contributed by atoms with E-state index in [1.54, 1.807) is 0 Å². The second kappa shape index (κ2) is 5.75. The largest absolute Gasteiger partial charge is 0.481 e. The predicted octanol–water partition coefficient (Wildman–Crippen LogP) is 1.99. The van der Waals surface area contributed by atoms with E-state index in [0.29, 0.717) is 5.69 Å². The Bertz CT molecular complexity index is 678. The Morgan fingerprint density at radius 1 is 1.40 bits per heavy atom. The SMILES string of the molecule is O=C(O)Cc1csc(NC(=O)c2csc([N+](=O)[O-])c2)n1. The number of carbonyl (C=O) groups excluding carboxylic acids is 1. The van der Waals surface area contributed by atoms with E-state index in [2.05, 4.69) is 10.3 Å². The monoisotopic (exact) mass is 313 g/mol. The Kier molecular flexibility index (Phi) is 4.05. The van der Waals surface area contributed by atoms with Crippen LogP contribution in [0.4, 0.5) is 10.1 Å². The Hall–Kier alpha value is -2.33. The highest BCUT2D eigenvalue weighted by Crippen LogP contribution is 2.24. The van der Waals surface area contributed by atoms with E-state index in [0.717, 1.165) is 22.7 Å². The molecule has 2 heterocycles. The fourth-order valence-electron chi connectivity index (χ4n) is 1.31. The van der Waals surface area contributed by atoms with Crippen LogP contribution in [-0.2, 0) is 11.2 Å². The van der Waals surface area contributed by atoms with Gasteiger partial charge in [-0.2, -0.15) is 0 Å². The molecule has 0 fully saturated rings. The van der Waals surface area contributed by atoms with Gasteiger partial charge in [0.05, 0.1) is 22.6 Å². The molecule has 0 radical (unpaired) electrons. The molecule has 0 bridgehead atoms. The van der Waals surface area contributed by atoms with Gasteiger partial charge in [0.15, 0.2) is 5.13 Å². The van der Waals surface area contributed by atoms with Crippen molar-refractivity contribution >= 4 is 44.7 Å². The van der Waals surface area contributed by atoms with E-state index in [1.807, 2.05) is 0 Å². The summed E-state index contributed by atoms with van der Waals surface area (Å²) < 4.78 is 0. The third kappa shape index (κ3) is 3.36. The molecule has 10 heteroatoms. The molecule has 20 heavy (non-hydrogen) atoms. The number of thiophene rings is 1. The van der Waals surface area contributed by atoms with Crippen molar-refractivity contribution in [2.24, 2.45) is 0 Å². The molecule has 2 aromatic heterocycles. The van der Waals surface area contributed by atoms with Crippen molar-refractivity contribution in [2.75, 3.05) is 5.32 Å². The van der Waals surface area contributed by atoms with E-state index in [1.165, 1.54) is 16.8 Å². The first-order valence-electron chi connectivity index (χ1n) is 5.16. The Balaban J connectivity index is 2.05. The summed E-state index contributed by atoms with van der Waals surface area (Å²) in [5, 5.41) is 24.6. The van der Waals surface area contributed by atoms with Crippen molar-refractivity contribution < 1.29 is 19.6 Å². The lowest BCUT2D eigenvalue weighted by Gasteiger charge is -1.97. The molecule has 0 spiro atoms. The van der Waals surface area contributed by atoms with Gasteiger partial charge in [-0.1, -0.05) is 11.3 Å². The minimum atomic E-state index is -1.01. The lowest BCUT2D eigenvalue weighted by atomic mass is 10.3. The van der Waals surface area contributed by atoms with Crippen LogP contribution in [0.25, 0.3) is 0 Å². The number of thiazole rings is 1. The van der Waals surface area contributed by atoms with Gasteiger partial charge < -0.3 is 5.11 Å². The fraction of sp³-hybridized carbons (Fsp3) is 0.100.